The molecule has 20 heavy (non-hydrogen) atoms. The number of benzene rings is 2. The van der Waals surface area contributed by atoms with E-state index in [-0.39, 0.29) is 11.7 Å². The molecule has 1 atom stereocenters. The van der Waals surface area contributed by atoms with E-state index in [1.54, 1.807) is 6.07 Å². The van der Waals surface area contributed by atoms with Crippen molar-refractivity contribution in [2.24, 2.45) is 5.73 Å². The quantitative estimate of drug-likeness (QED) is 0.873. The van der Waals surface area contributed by atoms with Crippen molar-refractivity contribution < 1.29 is 4.39 Å². The van der Waals surface area contributed by atoms with Gasteiger partial charge in [0.2, 0.25) is 0 Å². The third kappa shape index (κ3) is 3.36. The molecule has 106 valence electrons. The normalized spacial score (nSPS) is 12.2. The van der Waals surface area contributed by atoms with Gasteiger partial charge in [0, 0.05) is 25.6 Å². The van der Waals surface area contributed by atoms with Gasteiger partial charge >= 0.3 is 0 Å². The molecule has 2 nitrogen and oxygen atoms in total. The van der Waals surface area contributed by atoms with Gasteiger partial charge in [-0.1, -0.05) is 42.5 Å². The summed E-state index contributed by atoms with van der Waals surface area (Å²) in [6, 6.07) is 17.1. The maximum atomic E-state index is 13.9. The minimum atomic E-state index is -0.182. The maximum Gasteiger partial charge on any atom is 0.146 e. The number of para-hydroxylation sites is 1. The molecule has 2 rings (SSSR count). The van der Waals surface area contributed by atoms with Gasteiger partial charge < -0.3 is 10.6 Å². The lowest BCUT2D eigenvalue weighted by Crippen LogP contribution is -2.32. The van der Waals surface area contributed by atoms with Gasteiger partial charge in [-0.2, -0.15) is 0 Å². The van der Waals surface area contributed by atoms with E-state index in [1.165, 1.54) is 11.6 Å². The zero-order valence-corrected chi connectivity index (χ0v) is 11.8. The zero-order valence-electron chi connectivity index (χ0n) is 11.8. The van der Waals surface area contributed by atoms with E-state index >= 15 is 0 Å². The highest BCUT2D eigenvalue weighted by atomic mass is 19.1. The van der Waals surface area contributed by atoms with E-state index in [0.717, 1.165) is 13.1 Å². The molecule has 0 fully saturated rings. The van der Waals surface area contributed by atoms with Crippen LogP contribution in [0.3, 0.4) is 0 Å². The second kappa shape index (κ2) is 7.06. The lowest BCUT2D eigenvalue weighted by atomic mass is 9.98. The summed E-state index contributed by atoms with van der Waals surface area (Å²) in [7, 11) is 0. The van der Waals surface area contributed by atoms with Gasteiger partial charge in [0.25, 0.3) is 0 Å². The summed E-state index contributed by atoms with van der Waals surface area (Å²) in [5.74, 6) is 0.0222. The van der Waals surface area contributed by atoms with E-state index in [9.17, 15) is 4.39 Å². The number of hydrogen-bond donors (Lipinski definition) is 1. The fourth-order valence-electron chi connectivity index (χ4n) is 2.41. The van der Waals surface area contributed by atoms with Gasteiger partial charge in [-0.3, -0.25) is 0 Å². The summed E-state index contributed by atoms with van der Waals surface area (Å²) in [6.07, 6.45) is 0. The van der Waals surface area contributed by atoms with Crippen molar-refractivity contribution in [3.05, 3.63) is 66.0 Å². The van der Waals surface area contributed by atoms with E-state index < -0.39 is 0 Å². The van der Waals surface area contributed by atoms with Crippen molar-refractivity contribution >= 4 is 5.69 Å². The summed E-state index contributed by atoms with van der Waals surface area (Å²) >= 11 is 0. The van der Waals surface area contributed by atoms with Crippen LogP contribution in [0.5, 0.6) is 0 Å². The molecule has 0 aliphatic heterocycles. The molecule has 2 aromatic carbocycles. The van der Waals surface area contributed by atoms with Crippen molar-refractivity contribution in [2.75, 3.05) is 24.5 Å². The molecule has 0 aromatic heterocycles. The van der Waals surface area contributed by atoms with Crippen molar-refractivity contribution in [3.8, 4) is 0 Å². The summed E-state index contributed by atoms with van der Waals surface area (Å²) in [4.78, 5) is 2.04. The second-order valence-corrected chi connectivity index (χ2v) is 4.83. The van der Waals surface area contributed by atoms with E-state index in [4.69, 9.17) is 5.73 Å². The number of likely N-dealkylation sites (N-methyl/N-ethyl adjacent to an activating group) is 1. The van der Waals surface area contributed by atoms with Crippen molar-refractivity contribution in [2.45, 2.75) is 12.8 Å². The first-order valence-electron chi connectivity index (χ1n) is 7.00. The highest BCUT2D eigenvalue weighted by Crippen LogP contribution is 2.23. The molecule has 0 saturated heterocycles. The predicted octanol–water partition coefficient (Wildman–Crippen LogP) is 3.39. The van der Waals surface area contributed by atoms with Crippen LogP contribution >= 0.6 is 0 Å². The highest BCUT2D eigenvalue weighted by molar-refractivity contribution is 5.48. The largest absolute Gasteiger partial charge is 0.369 e. The minimum absolute atomic E-state index is 0.182. The molecule has 2 N–H and O–H groups in total. The van der Waals surface area contributed by atoms with Crippen LogP contribution in [0.1, 0.15) is 18.4 Å². The van der Waals surface area contributed by atoms with E-state index in [2.05, 4.69) is 12.1 Å². The van der Waals surface area contributed by atoms with Gasteiger partial charge in [0.15, 0.2) is 0 Å². The maximum absolute atomic E-state index is 13.9. The average molecular weight is 272 g/mol. The molecule has 0 aliphatic rings. The first kappa shape index (κ1) is 14.5. The lowest BCUT2D eigenvalue weighted by Gasteiger charge is -2.28. The standard InChI is InChI=1S/C17H21FN2/c1-2-20(17-11-7-6-10-16(17)18)13-15(12-19)14-8-4-3-5-9-14/h3-11,15H,2,12-13,19H2,1H3. The Morgan fingerprint density at radius 3 is 2.30 bits per heavy atom. The minimum Gasteiger partial charge on any atom is -0.369 e. The van der Waals surface area contributed by atoms with Crippen LogP contribution in [-0.4, -0.2) is 19.6 Å². The Labute approximate surface area is 120 Å². The smallest absolute Gasteiger partial charge is 0.146 e. The number of hydrogen-bond acceptors (Lipinski definition) is 2. The SMILES string of the molecule is CCN(CC(CN)c1ccccc1)c1ccccc1F. The van der Waals surface area contributed by atoms with Crippen molar-refractivity contribution in [3.63, 3.8) is 0 Å². The monoisotopic (exact) mass is 272 g/mol. The molecule has 0 aliphatic carbocycles. The van der Waals surface area contributed by atoms with E-state index in [0.29, 0.717) is 12.2 Å². The fraction of sp³-hybridized carbons (Fsp3) is 0.294. The second-order valence-electron chi connectivity index (χ2n) is 4.83. The van der Waals surface area contributed by atoms with Crippen molar-refractivity contribution in [1.82, 2.24) is 0 Å². The van der Waals surface area contributed by atoms with Gasteiger partial charge in [-0.15, -0.1) is 0 Å². The van der Waals surface area contributed by atoms with Gasteiger partial charge in [-0.05, 0) is 24.6 Å². The molecule has 3 heteroatoms. The number of anilines is 1. The van der Waals surface area contributed by atoms with Crippen LogP contribution in [0.2, 0.25) is 0 Å². The van der Waals surface area contributed by atoms with Gasteiger partial charge in [0.1, 0.15) is 5.82 Å². The molecule has 0 saturated carbocycles. The zero-order chi connectivity index (χ0) is 14.4. The number of nitrogens with zero attached hydrogens (tertiary/aromatic N) is 1. The molecule has 0 amide bonds. The van der Waals surface area contributed by atoms with Crippen LogP contribution in [0, 0.1) is 5.82 Å². The molecule has 0 bridgehead atoms. The third-order valence-electron chi connectivity index (χ3n) is 3.57. The number of halogens is 1. The molecular weight excluding hydrogens is 251 g/mol. The lowest BCUT2D eigenvalue weighted by molar-refractivity contribution is 0.603. The molecular formula is C17H21FN2. The Morgan fingerprint density at radius 1 is 1.05 bits per heavy atom. The first-order valence-corrected chi connectivity index (χ1v) is 7.00. The summed E-state index contributed by atoms with van der Waals surface area (Å²) < 4.78 is 13.9. The molecule has 0 radical (unpaired) electrons. The summed E-state index contributed by atoms with van der Waals surface area (Å²) in [6.45, 7) is 4.06. The first-order chi connectivity index (χ1) is 9.76. The van der Waals surface area contributed by atoms with E-state index in [1.807, 2.05) is 42.2 Å². The Hall–Kier alpha value is -1.87. The number of rotatable bonds is 6. The molecule has 0 heterocycles. The molecule has 0 spiro atoms. The third-order valence-corrected chi connectivity index (χ3v) is 3.57. The van der Waals surface area contributed by atoms with Crippen LogP contribution in [0.15, 0.2) is 54.6 Å². The summed E-state index contributed by atoms with van der Waals surface area (Å²) in [5.41, 5.74) is 7.75. The van der Waals surface area contributed by atoms with Crippen LogP contribution in [0.4, 0.5) is 10.1 Å². The van der Waals surface area contributed by atoms with Crippen LogP contribution in [-0.2, 0) is 0 Å². The Balaban J connectivity index is 2.19. The Kier molecular flexibility index (Phi) is 5.13. The predicted molar refractivity (Wildman–Crippen MR) is 82.5 cm³/mol. The van der Waals surface area contributed by atoms with Crippen LogP contribution < -0.4 is 10.6 Å². The van der Waals surface area contributed by atoms with Crippen LogP contribution in [0.25, 0.3) is 0 Å². The topological polar surface area (TPSA) is 29.3 Å². The fourth-order valence-corrected chi connectivity index (χ4v) is 2.41. The van der Waals surface area contributed by atoms with Gasteiger partial charge in [0.05, 0.1) is 5.69 Å². The Morgan fingerprint density at radius 2 is 1.70 bits per heavy atom. The number of nitrogens with two attached hydrogens (primary N) is 1. The van der Waals surface area contributed by atoms with Gasteiger partial charge in [-0.25, -0.2) is 4.39 Å². The van der Waals surface area contributed by atoms with Crippen molar-refractivity contribution in [1.29, 1.82) is 0 Å². The highest BCUT2D eigenvalue weighted by Gasteiger charge is 2.16. The molecule has 2 aromatic rings. The Bertz CT molecular complexity index is 528. The molecule has 1 unspecified atom stereocenters. The summed E-state index contributed by atoms with van der Waals surface area (Å²) in [5, 5.41) is 0. The average Bonchev–Trinajstić information content (AvgIpc) is 2.50.